The largest absolute Gasteiger partial charge is 0.486 e. The van der Waals surface area contributed by atoms with Crippen molar-refractivity contribution in [2.45, 2.75) is 50.9 Å². The highest BCUT2D eigenvalue weighted by Crippen LogP contribution is 2.29. The molecule has 3 aliphatic rings. The topological polar surface area (TPSA) is 147 Å². The second kappa shape index (κ2) is 11.8. The second-order valence-corrected chi connectivity index (χ2v) is 9.80. The molecule has 0 saturated carbocycles. The van der Waals surface area contributed by atoms with E-state index in [9.17, 15) is 19.6 Å². The van der Waals surface area contributed by atoms with E-state index in [1.54, 1.807) is 11.9 Å². The van der Waals surface area contributed by atoms with Crippen LogP contribution in [0.3, 0.4) is 0 Å². The number of pyridine rings is 2. The Morgan fingerprint density at radius 1 is 1.31 bits per heavy atom. The van der Waals surface area contributed by atoms with Gasteiger partial charge in [0.05, 0.1) is 19.4 Å². The van der Waals surface area contributed by atoms with Gasteiger partial charge in [-0.15, -0.1) is 0 Å². The maximum atomic E-state index is 13.3. The lowest BCUT2D eigenvalue weighted by Crippen LogP contribution is -2.40. The van der Waals surface area contributed by atoms with Crippen LogP contribution in [0.1, 0.15) is 52.9 Å². The molecule has 2 saturated heterocycles. The third kappa shape index (κ3) is 5.84. The van der Waals surface area contributed by atoms with E-state index in [1.807, 2.05) is 6.07 Å². The van der Waals surface area contributed by atoms with E-state index in [-0.39, 0.29) is 35.6 Å². The third-order valence-electron chi connectivity index (χ3n) is 7.02. The first kappa shape index (κ1) is 26.5. The Labute approximate surface area is 225 Å². The molecular formula is C27H30N6O6. The standard InChI is InChI=1S/C27H30N6O6/c1-32(26(35)22-5-3-8-38-22)14-18-10-17-4-2-7-33(25(17)30-21(18)15-34)27(36)31-24-11-23(19(12-28)13-29-24)39-20-6-9-37-16-20/h10-11,13,15,20,22H,2-9,14,16H2,1H3,(H,29,31,36). The summed E-state index contributed by atoms with van der Waals surface area (Å²) < 4.78 is 16.7. The minimum atomic E-state index is -0.467. The van der Waals surface area contributed by atoms with Crippen molar-refractivity contribution >= 4 is 29.9 Å². The molecule has 2 atom stereocenters. The fraction of sp³-hybridized carbons (Fsp3) is 0.481. The molecule has 2 fully saturated rings. The van der Waals surface area contributed by atoms with Crippen LogP contribution in [0.5, 0.6) is 5.75 Å². The smallest absolute Gasteiger partial charge is 0.328 e. The molecule has 3 amide bonds. The van der Waals surface area contributed by atoms with Crippen molar-refractivity contribution < 1.29 is 28.6 Å². The third-order valence-corrected chi connectivity index (χ3v) is 7.02. The quantitative estimate of drug-likeness (QED) is 0.529. The summed E-state index contributed by atoms with van der Waals surface area (Å²) >= 11 is 0. The number of fused-ring (bicyclic) bond motifs is 1. The molecule has 0 aromatic carbocycles. The van der Waals surface area contributed by atoms with Crippen LogP contribution in [0.4, 0.5) is 16.4 Å². The van der Waals surface area contributed by atoms with Crippen molar-refractivity contribution in [2.24, 2.45) is 0 Å². The summed E-state index contributed by atoms with van der Waals surface area (Å²) in [6.45, 7) is 2.21. The van der Waals surface area contributed by atoms with Gasteiger partial charge in [0.1, 0.15) is 46.9 Å². The molecular weight excluding hydrogens is 504 g/mol. The fourth-order valence-corrected chi connectivity index (χ4v) is 4.98. The monoisotopic (exact) mass is 534 g/mol. The van der Waals surface area contributed by atoms with Crippen molar-refractivity contribution in [1.29, 1.82) is 5.26 Å². The van der Waals surface area contributed by atoms with Crippen molar-refractivity contribution in [1.82, 2.24) is 14.9 Å². The number of nitrogens with zero attached hydrogens (tertiary/aromatic N) is 5. The number of aldehydes is 1. The number of urea groups is 1. The molecule has 2 aromatic heterocycles. The number of carbonyl (C=O) groups is 3. The number of likely N-dealkylation sites (N-methyl/N-ethyl adjacent to an activating group) is 1. The van der Waals surface area contributed by atoms with E-state index in [0.717, 1.165) is 12.0 Å². The van der Waals surface area contributed by atoms with Gasteiger partial charge in [-0.2, -0.15) is 5.26 Å². The Hall–Kier alpha value is -4.08. The maximum Gasteiger partial charge on any atom is 0.328 e. The first-order chi connectivity index (χ1) is 19.0. The zero-order valence-corrected chi connectivity index (χ0v) is 21.7. The highest BCUT2D eigenvalue weighted by molar-refractivity contribution is 6.01. The number of anilines is 2. The average molecular weight is 535 g/mol. The lowest BCUT2D eigenvalue weighted by Gasteiger charge is -2.29. The Kier molecular flexibility index (Phi) is 7.99. The van der Waals surface area contributed by atoms with E-state index in [4.69, 9.17) is 14.2 Å². The molecule has 0 aliphatic carbocycles. The lowest BCUT2D eigenvalue weighted by atomic mass is 10.0. The van der Waals surface area contributed by atoms with E-state index in [0.29, 0.717) is 75.5 Å². The number of nitriles is 1. The van der Waals surface area contributed by atoms with E-state index >= 15 is 0 Å². The number of rotatable bonds is 7. The first-order valence-corrected chi connectivity index (χ1v) is 13.0. The lowest BCUT2D eigenvalue weighted by molar-refractivity contribution is -0.140. The molecule has 1 N–H and O–H groups in total. The minimum absolute atomic E-state index is 0.123. The molecule has 39 heavy (non-hydrogen) atoms. The van der Waals surface area contributed by atoms with Crippen molar-refractivity contribution in [3.05, 3.63) is 40.7 Å². The zero-order chi connectivity index (χ0) is 27.4. The molecule has 12 heteroatoms. The summed E-state index contributed by atoms with van der Waals surface area (Å²) in [5.41, 5.74) is 1.86. The second-order valence-electron chi connectivity index (χ2n) is 9.80. The molecule has 5 heterocycles. The maximum absolute atomic E-state index is 13.3. The molecule has 2 unspecified atom stereocenters. The minimum Gasteiger partial charge on any atom is -0.486 e. The van der Waals surface area contributed by atoms with Crippen LogP contribution in [0.25, 0.3) is 0 Å². The Morgan fingerprint density at radius 3 is 2.90 bits per heavy atom. The van der Waals surface area contributed by atoms with Crippen LogP contribution < -0.4 is 15.0 Å². The van der Waals surface area contributed by atoms with Crippen LogP contribution >= 0.6 is 0 Å². The van der Waals surface area contributed by atoms with Crippen molar-refractivity contribution in [3.63, 3.8) is 0 Å². The van der Waals surface area contributed by atoms with Crippen LogP contribution in [0.15, 0.2) is 18.3 Å². The molecule has 5 rings (SSSR count). The van der Waals surface area contributed by atoms with Gasteiger partial charge in [0.2, 0.25) is 0 Å². The van der Waals surface area contributed by atoms with E-state index in [1.165, 1.54) is 17.2 Å². The Bertz CT molecular complexity index is 1300. The van der Waals surface area contributed by atoms with Crippen LogP contribution in [0, 0.1) is 11.3 Å². The van der Waals surface area contributed by atoms with Gasteiger partial charge in [-0.3, -0.25) is 19.8 Å². The van der Waals surface area contributed by atoms with Gasteiger partial charge >= 0.3 is 6.03 Å². The number of ether oxygens (including phenoxy) is 3. The van der Waals surface area contributed by atoms with Crippen molar-refractivity contribution in [3.8, 4) is 11.8 Å². The normalized spacial score (nSPS) is 20.2. The first-order valence-electron chi connectivity index (χ1n) is 13.0. The molecule has 2 aromatic rings. The molecule has 0 bridgehead atoms. The summed E-state index contributed by atoms with van der Waals surface area (Å²) in [5.74, 6) is 0.819. The van der Waals surface area contributed by atoms with Gasteiger partial charge in [0.15, 0.2) is 6.29 Å². The predicted molar refractivity (Wildman–Crippen MR) is 139 cm³/mol. The number of carbonyl (C=O) groups excluding carboxylic acids is 3. The zero-order valence-electron chi connectivity index (χ0n) is 21.7. The molecule has 204 valence electrons. The molecule has 3 aliphatic heterocycles. The number of amides is 3. The Balaban J connectivity index is 1.33. The van der Waals surface area contributed by atoms with Crippen LogP contribution in [-0.2, 0) is 27.2 Å². The number of hydrogen-bond donors (Lipinski definition) is 1. The Morgan fingerprint density at radius 2 is 2.18 bits per heavy atom. The molecule has 0 spiro atoms. The summed E-state index contributed by atoms with van der Waals surface area (Å²) in [5, 5.41) is 12.2. The van der Waals surface area contributed by atoms with E-state index in [2.05, 4.69) is 21.4 Å². The van der Waals surface area contributed by atoms with Gasteiger partial charge in [-0.05, 0) is 37.3 Å². The predicted octanol–water partition coefficient (Wildman–Crippen LogP) is 2.45. The SMILES string of the molecule is CN(Cc1cc2c(nc1C=O)N(C(=O)Nc1cc(OC3CCOC3)c(C#N)cn1)CCC2)C(=O)C1CCCO1. The number of aryl methyl sites for hydroxylation is 1. The van der Waals surface area contributed by atoms with Gasteiger partial charge in [0.25, 0.3) is 5.91 Å². The fourth-order valence-electron chi connectivity index (χ4n) is 4.98. The number of aromatic nitrogens is 2. The highest BCUT2D eigenvalue weighted by atomic mass is 16.5. The van der Waals surface area contributed by atoms with Crippen molar-refractivity contribution in [2.75, 3.05) is 43.6 Å². The highest BCUT2D eigenvalue weighted by Gasteiger charge is 2.29. The van der Waals surface area contributed by atoms with Gasteiger partial charge in [-0.25, -0.2) is 14.8 Å². The van der Waals surface area contributed by atoms with Gasteiger partial charge in [0, 0.05) is 44.8 Å². The summed E-state index contributed by atoms with van der Waals surface area (Å²) in [7, 11) is 1.68. The summed E-state index contributed by atoms with van der Waals surface area (Å²) in [6.07, 6.45) is 5.01. The average Bonchev–Trinajstić information content (AvgIpc) is 3.67. The van der Waals surface area contributed by atoms with Crippen LogP contribution in [-0.4, -0.2) is 78.7 Å². The van der Waals surface area contributed by atoms with Crippen LogP contribution in [0.2, 0.25) is 0 Å². The van der Waals surface area contributed by atoms with Gasteiger partial charge in [-0.1, -0.05) is 0 Å². The van der Waals surface area contributed by atoms with E-state index < -0.39 is 12.1 Å². The number of hydrogen-bond acceptors (Lipinski definition) is 9. The molecule has 0 radical (unpaired) electrons. The molecule has 12 nitrogen and oxygen atoms in total. The summed E-state index contributed by atoms with van der Waals surface area (Å²) in [4.78, 5) is 49.7. The summed E-state index contributed by atoms with van der Waals surface area (Å²) in [6, 6.07) is 4.96. The number of nitrogens with one attached hydrogen (secondary N) is 1. The van der Waals surface area contributed by atoms with Gasteiger partial charge < -0.3 is 19.1 Å².